The van der Waals surface area contributed by atoms with Gasteiger partial charge in [-0.25, -0.2) is 9.07 Å². The zero-order valence-corrected chi connectivity index (χ0v) is 17.0. The van der Waals surface area contributed by atoms with E-state index < -0.39 is 36.4 Å². The van der Waals surface area contributed by atoms with Crippen molar-refractivity contribution in [1.82, 2.24) is 15.0 Å². The highest BCUT2D eigenvalue weighted by Crippen LogP contribution is 2.38. The molecule has 1 aliphatic heterocycles. The largest absolute Gasteiger partial charge is 0.394 e. The molecule has 2 heterocycles. The van der Waals surface area contributed by atoms with E-state index in [1.54, 1.807) is 18.3 Å². The van der Waals surface area contributed by atoms with Gasteiger partial charge < -0.3 is 20.1 Å². The molecule has 3 N–H and O–H groups in total. The molecule has 5 atom stereocenters. The molecule has 9 heteroatoms. The molecule has 0 radical (unpaired) electrons. The highest BCUT2D eigenvalue weighted by atomic mass is 32.2. The average Bonchev–Trinajstić information content (AvgIpc) is 3.22. The number of hydrogen-bond donors (Lipinski definition) is 3. The molecule has 3 aromatic rings. The Bertz CT molecular complexity index is 983. The zero-order valence-electron chi connectivity index (χ0n) is 16.2. The van der Waals surface area contributed by atoms with Crippen molar-refractivity contribution in [3.8, 4) is 11.3 Å². The summed E-state index contributed by atoms with van der Waals surface area (Å²) in [6.45, 7) is 1.58. The fourth-order valence-corrected chi connectivity index (χ4v) is 4.46. The summed E-state index contributed by atoms with van der Waals surface area (Å²) in [5.74, 6) is -0.358. The lowest BCUT2D eigenvalue weighted by atomic mass is 9.97. The quantitative estimate of drug-likeness (QED) is 0.569. The van der Waals surface area contributed by atoms with Gasteiger partial charge in [-0.3, -0.25) is 0 Å². The molecule has 0 amide bonds. The number of thioether (sulfide) groups is 1. The maximum absolute atomic E-state index is 13.2. The maximum atomic E-state index is 13.2. The van der Waals surface area contributed by atoms with Crippen LogP contribution >= 0.6 is 11.8 Å². The lowest BCUT2D eigenvalue weighted by molar-refractivity contribution is -0.178. The molecule has 0 spiro atoms. The number of aromatic nitrogens is 3. The summed E-state index contributed by atoms with van der Waals surface area (Å²) in [4.78, 5) is 0.891. The third-order valence-electron chi connectivity index (χ3n) is 5.08. The van der Waals surface area contributed by atoms with Gasteiger partial charge in [0.15, 0.2) is 0 Å². The highest BCUT2D eigenvalue weighted by molar-refractivity contribution is 7.99. The molecule has 158 valence electrons. The predicted molar refractivity (Wildman–Crippen MR) is 109 cm³/mol. The molecule has 2 aromatic carbocycles. The fraction of sp³-hybridized carbons (Fsp3) is 0.333. The normalized spacial score (nSPS) is 26.6. The van der Waals surface area contributed by atoms with E-state index in [2.05, 4.69) is 10.3 Å². The van der Waals surface area contributed by atoms with Gasteiger partial charge >= 0.3 is 0 Å². The first-order chi connectivity index (χ1) is 14.5. The summed E-state index contributed by atoms with van der Waals surface area (Å²) >= 11 is 1.31. The van der Waals surface area contributed by atoms with Crippen molar-refractivity contribution in [3.05, 3.63) is 66.1 Å². The van der Waals surface area contributed by atoms with Crippen molar-refractivity contribution < 1.29 is 24.4 Å². The minimum absolute atomic E-state index is 0.358. The number of hydrogen-bond acceptors (Lipinski definition) is 7. The molecule has 0 bridgehead atoms. The number of aliphatic hydroxyl groups is 3. The average molecular weight is 431 g/mol. The van der Waals surface area contributed by atoms with Crippen molar-refractivity contribution in [2.75, 3.05) is 6.61 Å². The monoisotopic (exact) mass is 431 g/mol. The molecule has 7 nitrogen and oxygen atoms in total. The molecule has 1 aromatic heterocycles. The van der Waals surface area contributed by atoms with Gasteiger partial charge in [-0.15, -0.1) is 5.10 Å². The SMILES string of the molecule is Cc1ccc(S[C@@H]2O[C@H](CO)[C@H](O)[C@H](n3cc(-c4ccc(F)cc4)nn3)[C@H]2O)cc1. The van der Waals surface area contributed by atoms with E-state index in [1.165, 1.54) is 28.6 Å². The lowest BCUT2D eigenvalue weighted by Gasteiger charge is -2.41. The van der Waals surface area contributed by atoms with Crippen LogP contribution in [0.4, 0.5) is 4.39 Å². The standard InChI is InChI=1S/C21H22FN3O4S/c1-12-2-8-15(9-3-12)30-21-20(28)18(19(27)17(11-26)29-21)25-10-16(23-24-25)13-4-6-14(22)7-5-13/h2-10,17-21,26-28H,11H2,1H3/t17-,18+,19+,20-,21+/m1/s1. The van der Waals surface area contributed by atoms with Gasteiger partial charge in [0.25, 0.3) is 0 Å². The maximum Gasteiger partial charge on any atom is 0.136 e. The molecule has 0 aliphatic carbocycles. The molecule has 30 heavy (non-hydrogen) atoms. The van der Waals surface area contributed by atoms with Crippen molar-refractivity contribution in [2.24, 2.45) is 0 Å². The Morgan fingerprint density at radius 1 is 1.07 bits per heavy atom. The van der Waals surface area contributed by atoms with Gasteiger partial charge in [0.2, 0.25) is 0 Å². The van der Waals surface area contributed by atoms with Crippen LogP contribution in [0.5, 0.6) is 0 Å². The summed E-state index contributed by atoms with van der Waals surface area (Å²) in [5.41, 5.74) is 1.52. The van der Waals surface area contributed by atoms with Crippen LogP contribution in [0.15, 0.2) is 59.6 Å². The van der Waals surface area contributed by atoms with Gasteiger partial charge in [0, 0.05) is 10.5 Å². The first kappa shape index (κ1) is 21.0. The van der Waals surface area contributed by atoms with Crippen LogP contribution in [-0.4, -0.2) is 60.7 Å². The van der Waals surface area contributed by atoms with Crippen molar-refractivity contribution in [1.29, 1.82) is 0 Å². The Hall–Kier alpha value is -2.30. The van der Waals surface area contributed by atoms with Crippen LogP contribution in [0.25, 0.3) is 11.3 Å². The molecule has 0 unspecified atom stereocenters. The summed E-state index contributed by atoms with van der Waals surface area (Å²) in [6.07, 6.45) is -1.61. The number of benzene rings is 2. The number of halogens is 1. The number of nitrogens with zero attached hydrogens (tertiary/aromatic N) is 3. The summed E-state index contributed by atoms with van der Waals surface area (Å²) in [6, 6.07) is 12.7. The second-order valence-corrected chi connectivity index (χ2v) is 8.39. The van der Waals surface area contributed by atoms with Crippen LogP contribution in [0.2, 0.25) is 0 Å². The Labute approximate surface area is 177 Å². The number of rotatable bonds is 5. The predicted octanol–water partition coefficient (Wildman–Crippen LogP) is 2.17. The van der Waals surface area contributed by atoms with Crippen LogP contribution in [-0.2, 0) is 4.74 Å². The van der Waals surface area contributed by atoms with E-state index in [0.29, 0.717) is 11.3 Å². The van der Waals surface area contributed by atoms with Gasteiger partial charge in [-0.1, -0.05) is 34.7 Å². The van der Waals surface area contributed by atoms with Crippen molar-refractivity contribution in [2.45, 2.75) is 41.6 Å². The first-order valence-electron chi connectivity index (χ1n) is 9.50. The van der Waals surface area contributed by atoms with E-state index in [0.717, 1.165) is 10.5 Å². The van der Waals surface area contributed by atoms with E-state index in [1.807, 2.05) is 31.2 Å². The van der Waals surface area contributed by atoms with Crippen LogP contribution in [0, 0.1) is 12.7 Å². The Morgan fingerprint density at radius 3 is 2.43 bits per heavy atom. The van der Waals surface area contributed by atoms with Gasteiger partial charge in [-0.05, 0) is 43.3 Å². The van der Waals surface area contributed by atoms with Crippen LogP contribution < -0.4 is 0 Å². The first-order valence-corrected chi connectivity index (χ1v) is 10.4. The number of ether oxygens (including phenoxy) is 1. The minimum Gasteiger partial charge on any atom is -0.394 e. The fourth-order valence-electron chi connectivity index (χ4n) is 3.40. The second kappa shape index (κ2) is 8.83. The molecular weight excluding hydrogens is 409 g/mol. The molecule has 1 fully saturated rings. The van der Waals surface area contributed by atoms with E-state index in [-0.39, 0.29) is 5.82 Å². The molecule has 1 aliphatic rings. The van der Waals surface area contributed by atoms with E-state index in [4.69, 9.17) is 4.74 Å². The van der Waals surface area contributed by atoms with Gasteiger partial charge in [0.05, 0.1) is 12.8 Å². The minimum atomic E-state index is -1.19. The van der Waals surface area contributed by atoms with Crippen LogP contribution in [0.1, 0.15) is 11.6 Å². The van der Waals surface area contributed by atoms with Crippen LogP contribution in [0.3, 0.4) is 0 Å². The highest BCUT2D eigenvalue weighted by Gasteiger charge is 2.46. The second-order valence-electron chi connectivity index (χ2n) is 7.22. The lowest BCUT2D eigenvalue weighted by Crippen LogP contribution is -2.55. The molecule has 1 saturated heterocycles. The number of aryl methyl sites for hydroxylation is 1. The molecule has 0 saturated carbocycles. The Kier molecular flexibility index (Phi) is 6.16. The van der Waals surface area contributed by atoms with Crippen molar-refractivity contribution >= 4 is 11.8 Å². The summed E-state index contributed by atoms with van der Waals surface area (Å²) in [7, 11) is 0. The van der Waals surface area contributed by atoms with Gasteiger partial charge in [0.1, 0.15) is 41.3 Å². The summed E-state index contributed by atoms with van der Waals surface area (Å²) in [5, 5.41) is 39.5. The smallest absolute Gasteiger partial charge is 0.136 e. The van der Waals surface area contributed by atoms with E-state index >= 15 is 0 Å². The van der Waals surface area contributed by atoms with Crippen molar-refractivity contribution in [3.63, 3.8) is 0 Å². The van der Waals surface area contributed by atoms with Gasteiger partial charge in [-0.2, -0.15) is 0 Å². The Morgan fingerprint density at radius 2 is 1.77 bits per heavy atom. The third kappa shape index (κ3) is 4.26. The summed E-state index contributed by atoms with van der Waals surface area (Å²) < 4.78 is 20.3. The molecule has 4 rings (SSSR count). The molecular formula is C21H22FN3O4S. The third-order valence-corrected chi connectivity index (χ3v) is 6.24. The Balaban J connectivity index is 1.60. The van der Waals surface area contributed by atoms with E-state index in [9.17, 15) is 19.7 Å². The zero-order chi connectivity index (χ0) is 21.3. The topological polar surface area (TPSA) is 101 Å². The number of aliphatic hydroxyl groups excluding tert-OH is 3.